The largest absolute Gasteiger partial charge is 0.345 e. The van der Waals surface area contributed by atoms with Gasteiger partial charge in [-0.05, 0) is 30.0 Å². The van der Waals surface area contributed by atoms with Crippen LogP contribution in [0.3, 0.4) is 0 Å². The van der Waals surface area contributed by atoms with Crippen molar-refractivity contribution in [3.63, 3.8) is 0 Å². The third-order valence-electron chi connectivity index (χ3n) is 4.81. The lowest BCUT2D eigenvalue weighted by Crippen LogP contribution is -2.30. The van der Waals surface area contributed by atoms with E-state index in [9.17, 15) is 4.79 Å². The lowest BCUT2D eigenvalue weighted by molar-refractivity contribution is -0.117. The molecular weight excluding hydrogens is 382 g/mol. The molecule has 0 radical (unpaired) electrons. The molecule has 1 aromatic heterocycles. The minimum Gasteiger partial charge on any atom is -0.345 e. The van der Waals surface area contributed by atoms with Crippen LogP contribution in [-0.2, 0) is 11.3 Å². The van der Waals surface area contributed by atoms with Gasteiger partial charge in [-0.3, -0.25) is 4.79 Å². The lowest BCUT2D eigenvalue weighted by Gasteiger charge is -2.22. The number of aryl methyl sites for hydroxylation is 1. The Morgan fingerprint density at radius 3 is 2.34 bits per heavy atom. The Morgan fingerprint density at radius 1 is 1.10 bits per heavy atom. The fourth-order valence-corrected chi connectivity index (χ4v) is 3.57. The predicted molar refractivity (Wildman–Crippen MR) is 119 cm³/mol. The maximum Gasteiger partial charge on any atom is 0.244 e. The van der Waals surface area contributed by atoms with Gasteiger partial charge in [0.15, 0.2) is 0 Å². The smallest absolute Gasteiger partial charge is 0.244 e. The van der Waals surface area contributed by atoms with E-state index < -0.39 is 0 Å². The molecule has 29 heavy (non-hydrogen) atoms. The average molecular weight is 408 g/mol. The van der Waals surface area contributed by atoms with E-state index in [4.69, 9.17) is 11.6 Å². The Balaban J connectivity index is 1.73. The van der Waals surface area contributed by atoms with Crippen LogP contribution in [0.25, 0.3) is 6.08 Å². The summed E-state index contributed by atoms with van der Waals surface area (Å²) in [5, 5.41) is 8.14. The third-order valence-corrected chi connectivity index (χ3v) is 5.21. The average Bonchev–Trinajstić information content (AvgIpc) is 2.98. The van der Waals surface area contributed by atoms with Gasteiger partial charge in [-0.2, -0.15) is 5.10 Å². The van der Waals surface area contributed by atoms with Gasteiger partial charge in [-0.1, -0.05) is 86.1 Å². The molecule has 1 N–H and O–H groups in total. The Morgan fingerprint density at radius 2 is 1.72 bits per heavy atom. The Labute approximate surface area is 177 Å². The van der Waals surface area contributed by atoms with Crippen molar-refractivity contribution < 1.29 is 4.79 Å². The number of carbonyl (C=O) groups excluding carboxylic acids is 1. The minimum atomic E-state index is -0.154. The molecule has 0 aliphatic rings. The fraction of sp³-hybridized carbons (Fsp3) is 0.250. The highest BCUT2D eigenvalue weighted by Gasteiger charge is 2.17. The van der Waals surface area contributed by atoms with Crippen LogP contribution in [0.15, 0.2) is 66.7 Å². The topological polar surface area (TPSA) is 46.9 Å². The molecule has 3 aromatic rings. The summed E-state index contributed by atoms with van der Waals surface area (Å²) in [6.07, 6.45) is 3.27. The van der Waals surface area contributed by atoms with E-state index in [1.165, 1.54) is 6.08 Å². The van der Waals surface area contributed by atoms with Gasteiger partial charge < -0.3 is 5.32 Å². The van der Waals surface area contributed by atoms with E-state index in [2.05, 4.69) is 24.3 Å². The molecule has 1 unspecified atom stereocenters. The van der Waals surface area contributed by atoms with Crippen molar-refractivity contribution in [1.82, 2.24) is 15.1 Å². The number of hydrogen-bond acceptors (Lipinski definition) is 2. The molecule has 0 aliphatic carbocycles. The Hall–Kier alpha value is -2.85. The number of nitrogens with zero attached hydrogens (tertiary/aromatic N) is 2. The van der Waals surface area contributed by atoms with Crippen LogP contribution in [0.2, 0.25) is 5.15 Å². The molecule has 3 rings (SSSR count). The number of nitrogens with one attached hydrogen (secondary N) is 1. The second kappa shape index (κ2) is 9.57. The summed E-state index contributed by atoms with van der Waals surface area (Å²) in [5.41, 5.74) is 3.76. The first-order chi connectivity index (χ1) is 14.0. The molecule has 2 aromatic carbocycles. The van der Waals surface area contributed by atoms with Gasteiger partial charge in [0.2, 0.25) is 5.91 Å². The zero-order chi connectivity index (χ0) is 20.8. The van der Waals surface area contributed by atoms with E-state index in [1.807, 2.05) is 67.6 Å². The van der Waals surface area contributed by atoms with Crippen LogP contribution >= 0.6 is 11.6 Å². The maximum atomic E-state index is 12.6. The van der Waals surface area contributed by atoms with Crippen molar-refractivity contribution in [3.05, 3.63) is 94.3 Å². The first-order valence-corrected chi connectivity index (χ1v) is 10.1. The molecule has 1 atom stereocenters. The Kier molecular flexibility index (Phi) is 6.89. The summed E-state index contributed by atoms with van der Waals surface area (Å²) in [5.74, 6) is 0.118. The van der Waals surface area contributed by atoms with Crippen molar-refractivity contribution >= 4 is 23.6 Å². The van der Waals surface area contributed by atoms with Crippen LogP contribution in [0.5, 0.6) is 0 Å². The Bertz CT molecular complexity index is 978. The molecule has 0 aliphatic heterocycles. The molecule has 1 heterocycles. The standard InChI is InChI=1S/C24H26ClN3O/c1-17(2)23(20-12-8-5-9-13-20)26-22(29)15-14-21-18(3)27-28(24(21)25)16-19-10-6-4-7-11-19/h4-15,17,23H,16H2,1-3H3,(H,26,29)/b15-14+. The summed E-state index contributed by atoms with van der Waals surface area (Å²) >= 11 is 6.53. The molecule has 4 nitrogen and oxygen atoms in total. The van der Waals surface area contributed by atoms with Gasteiger partial charge in [0, 0.05) is 11.6 Å². The van der Waals surface area contributed by atoms with Crippen molar-refractivity contribution in [2.75, 3.05) is 0 Å². The molecule has 1 amide bonds. The number of halogens is 1. The first-order valence-electron chi connectivity index (χ1n) is 9.76. The predicted octanol–water partition coefficient (Wildman–Crippen LogP) is 5.42. The van der Waals surface area contributed by atoms with Gasteiger partial charge in [0.25, 0.3) is 0 Å². The zero-order valence-electron chi connectivity index (χ0n) is 17.0. The first kappa shape index (κ1) is 20.9. The normalized spacial score (nSPS) is 12.4. The van der Waals surface area contributed by atoms with Crippen molar-refractivity contribution in [2.24, 2.45) is 5.92 Å². The number of rotatable bonds is 7. The number of hydrogen-bond donors (Lipinski definition) is 1. The van der Waals surface area contributed by atoms with Crippen LogP contribution in [0, 0.1) is 12.8 Å². The molecule has 0 bridgehead atoms. The lowest BCUT2D eigenvalue weighted by atomic mass is 9.96. The highest BCUT2D eigenvalue weighted by Crippen LogP contribution is 2.23. The summed E-state index contributed by atoms with van der Waals surface area (Å²) < 4.78 is 1.75. The van der Waals surface area contributed by atoms with E-state index in [1.54, 1.807) is 10.8 Å². The zero-order valence-corrected chi connectivity index (χ0v) is 17.7. The van der Waals surface area contributed by atoms with Gasteiger partial charge >= 0.3 is 0 Å². The van der Waals surface area contributed by atoms with Crippen molar-refractivity contribution in [1.29, 1.82) is 0 Å². The van der Waals surface area contributed by atoms with Gasteiger partial charge in [-0.15, -0.1) is 0 Å². The molecule has 0 saturated carbocycles. The molecule has 0 spiro atoms. The second-order valence-corrected chi connectivity index (χ2v) is 7.77. The molecule has 5 heteroatoms. The summed E-state index contributed by atoms with van der Waals surface area (Å²) in [6.45, 7) is 6.67. The van der Waals surface area contributed by atoms with Crippen LogP contribution in [-0.4, -0.2) is 15.7 Å². The molecule has 150 valence electrons. The highest BCUT2D eigenvalue weighted by molar-refractivity contribution is 6.31. The van der Waals surface area contributed by atoms with Crippen molar-refractivity contribution in [2.45, 2.75) is 33.4 Å². The maximum absolute atomic E-state index is 12.6. The van der Waals surface area contributed by atoms with Gasteiger partial charge in [0.05, 0.1) is 18.3 Å². The SMILES string of the molecule is Cc1nn(Cc2ccccc2)c(Cl)c1/C=C/C(=O)NC(c1ccccc1)C(C)C. The van der Waals surface area contributed by atoms with Crippen LogP contribution in [0.1, 0.15) is 42.3 Å². The monoisotopic (exact) mass is 407 g/mol. The van der Waals surface area contributed by atoms with Crippen LogP contribution < -0.4 is 5.32 Å². The second-order valence-electron chi connectivity index (χ2n) is 7.41. The number of aromatic nitrogens is 2. The van der Waals surface area contributed by atoms with E-state index in [0.29, 0.717) is 11.7 Å². The van der Waals surface area contributed by atoms with Gasteiger partial charge in [-0.25, -0.2) is 4.68 Å². The van der Waals surface area contributed by atoms with E-state index in [0.717, 1.165) is 22.4 Å². The summed E-state index contributed by atoms with van der Waals surface area (Å²) in [7, 11) is 0. The molecule has 0 fully saturated rings. The van der Waals surface area contributed by atoms with Crippen LogP contribution in [0.4, 0.5) is 0 Å². The number of carbonyl (C=O) groups is 1. The summed E-state index contributed by atoms with van der Waals surface area (Å²) in [6, 6.07) is 20.0. The highest BCUT2D eigenvalue weighted by atomic mass is 35.5. The molecular formula is C24H26ClN3O. The van der Waals surface area contributed by atoms with Gasteiger partial charge in [0.1, 0.15) is 5.15 Å². The summed E-state index contributed by atoms with van der Waals surface area (Å²) in [4.78, 5) is 12.6. The fourth-order valence-electron chi connectivity index (χ4n) is 3.27. The quantitative estimate of drug-likeness (QED) is 0.531. The number of benzene rings is 2. The molecule has 0 saturated heterocycles. The third kappa shape index (κ3) is 5.36. The minimum absolute atomic E-state index is 0.0503. The van der Waals surface area contributed by atoms with Crippen molar-refractivity contribution in [3.8, 4) is 0 Å². The van der Waals surface area contributed by atoms with E-state index >= 15 is 0 Å². The van der Waals surface area contributed by atoms with E-state index in [-0.39, 0.29) is 17.9 Å². The number of amides is 1.